The van der Waals surface area contributed by atoms with Gasteiger partial charge in [-0.05, 0) is 12.1 Å². The van der Waals surface area contributed by atoms with Gasteiger partial charge in [-0.25, -0.2) is 0 Å². The Hall–Kier alpha value is -2.33. The molecule has 0 N–H and O–H groups in total. The molecule has 0 aromatic heterocycles. The van der Waals surface area contributed by atoms with Gasteiger partial charge >= 0.3 is 5.69 Å². The van der Waals surface area contributed by atoms with Gasteiger partial charge in [-0.1, -0.05) is 6.07 Å². The maximum absolute atomic E-state index is 11.3. The van der Waals surface area contributed by atoms with Crippen LogP contribution in [-0.2, 0) is 4.74 Å². The van der Waals surface area contributed by atoms with Crippen molar-refractivity contribution in [2.45, 2.75) is 6.42 Å². The van der Waals surface area contributed by atoms with Crippen LogP contribution in [0.4, 0.5) is 11.4 Å². The van der Waals surface area contributed by atoms with Crippen molar-refractivity contribution >= 4 is 11.4 Å². The van der Waals surface area contributed by atoms with E-state index in [0.717, 1.165) is 0 Å². The minimum atomic E-state index is -0.472. The number of hydrogen-bond donors (Lipinski definition) is 0. The van der Waals surface area contributed by atoms with E-state index in [1.165, 1.54) is 7.11 Å². The minimum absolute atomic E-state index is 0.0935. The fourth-order valence-electron chi connectivity index (χ4n) is 1.85. The zero-order valence-corrected chi connectivity index (χ0v) is 11.5. The maximum Gasteiger partial charge on any atom is 0.333 e. The summed E-state index contributed by atoms with van der Waals surface area (Å²) in [6.45, 7) is 1.28. The number of hydrogen-bond acceptors (Lipinski definition) is 6. The van der Waals surface area contributed by atoms with Crippen LogP contribution in [-0.4, -0.2) is 38.8 Å². The van der Waals surface area contributed by atoms with Gasteiger partial charge in [0.25, 0.3) is 0 Å². The van der Waals surface area contributed by atoms with E-state index in [1.807, 2.05) is 6.07 Å². The van der Waals surface area contributed by atoms with E-state index in [1.54, 1.807) is 30.2 Å². The van der Waals surface area contributed by atoms with E-state index in [-0.39, 0.29) is 17.9 Å². The average Bonchev–Trinajstić information content (AvgIpc) is 2.46. The molecule has 0 spiro atoms. The van der Waals surface area contributed by atoms with Gasteiger partial charge in [0, 0.05) is 20.2 Å². The molecule has 1 rings (SSSR count). The summed E-state index contributed by atoms with van der Waals surface area (Å²) in [4.78, 5) is 12.5. The lowest BCUT2D eigenvalue weighted by molar-refractivity contribution is -0.385. The highest BCUT2D eigenvalue weighted by atomic mass is 16.6. The zero-order chi connectivity index (χ0) is 15.0. The van der Waals surface area contributed by atoms with E-state index in [4.69, 9.17) is 14.7 Å². The first-order valence-corrected chi connectivity index (χ1v) is 6.08. The number of anilines is 1. The van der Waals surface area contributed by atoms with Gasteiger partial charge in [0.2, 0.25) is 0 Å². The van der Waals surface area contributed by atoms with Crippen LogP contribution in [0.2, 0.25) is 0 Å². The van der Waals surface area contributed by atoms with Crippen molar-refractivity contribution in [3.63, 3.8) is 0 Å². The van der Waals surface area contributed by atoms with Gasteiger partial charge in [0.15, 0.2) is 5.75 Å². The van der Waals surface area contributed by atoms with Crippen molar-refractivity contribution in [2.24, 2.45) is 0 Å². The number of ether oxygens (including phenoxy) is 2. The fourth-order valence-corrected chi connectivity index (χ4v) is 1.85. The maximum atomic E-state index is 11.3. The van der Waals surface area contributed by atoms with Crippen LogP contribution < -0.4 is 9.64 Å². The molecular weight excluding hydrogens is 262 g/mol. The lowest BCUT2D eigenvalue weighted by atomic mass is 10.2. The van der Waals surface area contributed by atoms with Crippen molar-refractivity contribution in [1.82, 2.24) is 0 Å². The molecule has 20 heavy (non-hydrogen) atoms. The molecule has 0 saturated carbocycles. The summed E-state index contributed by atoms with van der Waals surface area (Å²) in [6.07, 6.45) is 0.276. The molecule has 7 heteroatoms. The molecule has 0 heterocycles. The van der Waals surface area contributed by atoms with Gasteiger partial charge in [-0.2, -0.15) is 5.26 Å². The second-order valence-corrected chi connectivity index (χ2v) is 3.97. The van der Waals surface area contributed by atoms with E-state index < -0.39 is 4.92 Å². The van der Waals surface area contributed by atoms with Crippen LogP contribution in [0.15, 0.2) is 18.2 Å². The van der Waals surface area contributed by atoms with Crippen molar-refractivity contribution in [3.05, 3.63) is 28.3 Å². The molecule has 0 aliphatic heterocycles. The molecule has 1 aromatic rings. The SMILES string of the molecule is COCCN(CCC#N)c1cccc(OC)c1[N+](=O)[O-]. The first-order chi connectivity index (χ1) is 9.65. The third-order valence-electron chi connectivity index (χ3n) is 2.78. The highest BCUT2D eigenvalue weighted by Gasteiger charge is 2.24. The highest BCUT2D eigenvalue weighted by molar-refractivity contribution is 5.69. The molecule has 0 saturated heterocycles. The Morgan fingerprint density at radius 1 is 1.40 bits per heavy atom. The number of methoxy groups -OCH3 is 2. The monoisotopic (exact) mass is 279 g/mol. The minimum Gasteiger partial charge on any atom is -0.490 e. The summed E-state index contributed by atoms with van der Waals surface area (Å²) >= 11 is 0. The molecule has 0 radical (unpaired) electrons. The predicted molar refractivity (Wildman–Crippen MR) is 74.0 cm³/mol. The highest BCUT2D eigenvalue weighted by Crippen LogP contribution is 2.36. The topological polar surface area (TPSA) is 88.6 Å². The number of nitriles is 1. The lowest BCUT2D eigenvalue weighted by Gasteiger charge is -2.23. The second-order valence-electron chi connectivity index (χ2n) is 3.97. The Morgan fingerprint density at radius 2 is 2.15 bits per heavy atom. The number of nitrogens with zero attached hydrogens (tertiary/aromatic N) is 3. The fraction of sp³-hybridized carbons (Fsp3) is 0.462. The van der Waals surface area contributed by atoms with Gasteiger partial charge < -0.3 is 14.4 Å². The van der Waals surface area contributed by atoms with Crippen molar-refractivity contribution in [1.29, 1.82) is 5.26 Å². The molecular formula is C13H17N3O4. The quantitative estimate of drug-likeness (QED) is 0.534. The van der Waals surface area contributed by atoms with Crippen LogP contribution in [0.25, 0.3) is 0 Å². The molecule has 1 aromatic carbocycles. The van der Waals surface area contributed by atoms with Gasteiger partial charge in [0.1, 0.15) is 5.69 Å². The molecule has 0 fully saturated rings. The van der Waals surface area contributed by atoms with Gasteiger partial charge in [0.05, 0.1) is 31.1 Å². The lowest BCUT2D eigenvalue weighted by Crippen LogP contribution is -2.28. The molecule has 0 aliphatic carbocycles. The van der Waals surface area contributed by atoms with Crippen molar-refractivity contribution in [3.8, 4) is 11.8 Å². The Bertz CT molecular complexity index is 499. The van der Waals surface area contributed by atoms with E-state index in [2.05, 4.69) is 0 Å². The molecule has 0 unspecified atom stereocenters. The largest absolute Gasteiger partial charge is 0.490 e. The molecule has 7 nitrogen and oxygen atoms in total. The Kier molecular flexibility index (Phi) is 6.26. The second kappa shape index (κ2) is 7.96. The van der Waals surface area contributed by atoms with Crippen LogP contribution in [0.3, 0.4) is 0 Å². The number of para-hydroxylation sites is 1. The Balaban J connectivity index is 3.17. The van der Waals surface area contributed by atoms with E-state index in [9.17, 15) is 10.1 Å². The number of nitro groups is 1. The van der Waals surface area contributed by atoms with Gasteiger partial charge in [-0.15, -0.1) is 0 Å². The van der Waals surface area contributed by atoms with Crippen LogP contribution in [0.5, 0.6) is 5.75 Å². The first kappa shape index (κ1) is 15.7. The molecule has 0 aliphatic rings. The summed E-state index contributed by atoms with van der Waals surface area (Å²) in [5, 5.41) is 20.0. The smallest absolute Gasteiger partial charge is 0.333 e. The van der Waals surface area contributed by atoms with Crippen molar-refractivity contribution < 1.29 is 14.4 Å². The van der Waals surface area contributed by atoms with Crippen molar-refractivity contribution in [2.75, 3.05) is 38.8 Å². The van der Waals surface area contributed by atoms with Crippen LogP contribution in [0, 0.1) is 21.4 Å². The normalized spacial score (nSPS) is 9.85. The standard InChI is InChI=1S/C13H17N3O4/c1-19-10-9-15(8-4-7-14)11-5-3-6-12(20-2)13(11)16(17)18/h3,5-6H,4,8-10H2,1-2H3. The number of rotatable bonds is 8. The predicted octanol–water partition coefficient (Wildman–Crippen LogP) is 1.97. The van der Waals surface area contributed by atoms with Gasteiger partial charge in [-0.3, -0.25) is 10.1 Å². The summed E-state index contributed by atoms with van der Waals surface area (Å²) < 4.78 is 10.0. The molecule has 0 amide bonds. The molecule has 0 bridgehead atoms. The zero-order valence-electron chi connectivity index (χ0n) is 11.5. The van der Waals surface area contributed by atoms with E-state index >= 15 is 0 Å². The molecule has 0 atom stereocenters. The average molecular weight is 279 g/mol. The third kappa shape index (κ3) is 3.83. The first-order valence-electron chi connectivity index (χ1n) is 6.08. The summed E-state index contributed by atoms with van der Waals surface area (Å²) in [6, 6.07) is 6.91. The number of benzene rings is 1. The Labute approximate surface area is 117 Å². The third-order valence-corrected chi connectivity index (χ3v) is 2.78. The van der Waals surface area contributed by atoms with E-state index in [0.29, 0.717) is 25.4 Å². The summed E-state index contributed by atoms with van der Waals surface area (Å²) in [7, 11) is 2.95. The number of nitro benzene ring substituents is 1. The summed E-state index contributed by atoms with van der Waals surface area (Å²) in [5.74, 6) is 0.201. The molecule has 108 valence electrons. The van der Waals surface area contributed by atoms with Crippen LogP contribution in [0.1, 0.15) is 6.42 Å². The summed E-state index contributed by atoms with van der Waals surface area (Å²) in [5.41, 5.74) is 0.339. The Morgan fingerprint density at radius 3 is 2.70 bits per heavy atom. The van der Waals surface area contributed by atoms with Crippen LogP contribution >= 0.6 is 0 Å².